The summed E-state index contributed by atoms with van der Waals surface area (Å²) >= 11 is 0. The Hall–Kier alpha value is -2.08. The van der Waals surface area contributed by atoms with Crippen molar-refractivity contribution < 1.29 is 14.5 Å². The normalized spacial score (nSPS) is 11.7. The van der Waals surface area contributed by atoms with E-state index in [2.05, 4.69) is 19.4 Å². The predicted molar refractivity (Wildman–Crippen MR) is 121 cm³/mol. The molecular formula is C23H41N4O2+. The lowest BCUT2D eigenvalue weighted by Crippen LogP contribution is -3.06. The standard InChI is InChI=1S/C23H40N4O2/c1-17(2)14-21(28)24-19-10-11-20(26(8)9)18(15-19)16-27(13-12-25(6)7)22(29)23(3,4)5/h10-11,15,17H,12-14,16H2,1-9H3,(H,24,28)/p+1. The van der Waals surface area contributed by atoms with Crippen LogP contribution in [0.4, 0.5) is 11.4 Å². The smallest absolute Gasteiger partial charge is 0.228 e. The summed E-state index contributed by atoms with van der Waals surface area (Å²) in [6.45, 7) is 12.0. The lowest BCUT2D eigenvalue weighted by Gasteiger charge is -2.31. The van der Waals surface area contributed by atoms with Gasteiger partial charge in [-0.25, -0.2) is 0 Å². The minimum Gasteiger partial charge on any atom is -0.377 e. The molecule has 0 aliphatic rings. The van der Waals surface area contributed by atoms with Crippen molar-refractivity contribution in [3.8, 4) is 0 Å². The highest BCUT2D eigenvalue weighted by molar-refractivity contribution is 5.91. The van der Waals surface area contributed by atoms with E-state index in [-0.39, 0.29) is 11.8 Å². The van der Waals surface area contributed by atoms with E-state index in [9.17, 15) is 9.59 Å². The molecule has 0 fully saturated rings. The van der Waals surface area contributed by atoms with Gasteiger partial charge in [0.1, 0.15) is 0 Å². The molecule has 0 atom stereocenters. The average Bonchev–Trinajstić information content (AvgIpc) is 2.56. The number of hydrogen-bond acceptors (Lipinski definition) is 3. The van der Waals surface area contributed by atoms with Gasteiger partial charge in [-0.1, -0.05) is 34.6 Å². The molecule has 2 N–H and O–H groups in total. The van der Waals surface area contributed by atoms with Crippen molar-refractivity contribution in [3.63, 3.8) is 0 Å². The van der Waals surface area contributed by atoms with Gasteiger partial charge >= 0.3 is 0 Å². The Kier molecular flexibility index (Phi) is 9.14. The number of quaternary nitrogens is 1. The van der Waals surface area contributed by atoms with Crippen molar-refractivity contribution in [1.29, 1.82) is 0 Å². The first kappa shape index (κ1) is 25.0. The number of nitrogens with one attached hydrogen (secondary N) is 2. The Bertz CT molecular complexity index is 691. The number of carbonyl (C=O) groups is 2. The maximum atomic E-state index is 13.1. The van der Waals surface area contributed by atoms with Crippen molar-refractivity contribution in [2.75, 3.05) is 51.5 Å². The zero-order valence-corrected chi connectivity index (χ0v) is 19.8. The van der Waals surface area contributed by atoms with Crippen LogP contribution in [0.15, 0.2) is 18.2 Å². The summed E-state index contributed by atoms with van der Waals surface area (Å²) in [5.74, 6) is 0.462. The SMILES string of the molecule is CC(C)CC(=O)Nc1ccc(N(C)C)c(CN(CC[NH+](C)C)C(=O)C(C)(C)C)c1. The third-order valence-corrected chi connectivity index (χ3v) is 4.61. The number of nitrogens with zero attached hydrogens (tertiary/aromatic N) is 2. The third-order valence-electron chi connectivity index (χ3n) is 4.61. The van der Waals surface area contributed by atoms with Gasteiger partial charge in [-0.3, -0.25) is 9.59 Å². The number of rotatable bonds is 9. The van der Waals surface area contributed by atoms with E-state index in [0.29, 0.717) is 25.4 Å². The topological polar surface area (TPSA) is 57.1 Å². The quantitative estimate of drug-likeness (QED) is 0.663. The molecule has 1 aromatic rings. The molecule has 2 amide bonds. The predicted octanol–water partition coefficient (Wildman–Crippen LogP) is 2.26. The Balaban J connectivity index is 3.18. The lowest BCUT2D eigenvalue weighted by molar-refractivity contribution is -0.857. The van der Waals surface area contributed by atoms with E-state index in [1.54, 1.807) is 0 Å². The summed E-state index contributed by atoms with van der Waals surface area (Å²) in [6, 6.07) is 5.94. The number of carbonyl (C=O) groups excluding carboxylic acids is 2. The second-order valence-corrected chi connectivity index (χ2v) is 9.82. The van der Waals surface area contributed by atoms with E-state index in [1.807, 2.05) is 76.7 Å². The molecule has 0 saturated heterocycles. The molecule has 0 saturated carbocycles. The third kappa shape index (κ3) is 8.44. The second-order valence-electron chi connectivity index (χ2n) is 9.82. The van der Waals surface area contributed by atoms with Gasteiger partial charge in [-0.05, 0) is 29.7 Å². The van der Waals surface area contributed by atoms with Gasteiger partial charge in [0, 0.05) is 43.9 Å². The fraction of sp³-hybridized carbons (Fsp3) is 0.652. The van der Waals surface area contributed by atoms with Gasteiger partial charge in [0.05, 0.1) is 27.2 Å². The zero-order chi connectivity index (χ0) is 22.4. The van der Waals surface area contributed by atoms with Gasteiger partial charge in [-0.2, -0.15) is 0 Å². The molecule has 0 radical (unpaired) electrons. The maximum Gasteiger partial charge on any atom is 0.228 e. The molecule has 1 aromatic carbocycles. The van der Waals surface area contributed by atoms with Crippen molar-refractivity contribution in [2.24, 2.45) is 11.3 Å². The van der Waals surface area contributed by atoms with Gasteiger partial charge in [0.25, 0.3) is 0 Å². The molecule has 0 spiro atoms. The van der Waals surface area contributed by atoms with Crippen LogP contribution in [-0.4, -0.2) is 58.0 Å². The molecule has 0 aromatic heterocycles. The van der Waals surface area contributed by atoms with Crippen LogP contribution in [0.2, 0.25) is 0 Å². The van der Waals surface area contributed by atoms with Crippen LogP contribution in [-0.2, 0) is 16.1 Å². The first-order valence-electron chi connectivity index (χ1n) is 10.5. The highest BCUT2D eigenvalue weighted by Crippen LogP contribution is 2.27. The zero-order valence-electron chi connectivity index (χ0n) is 19.8. The van der Waals surface area contributed by atoms with Crippen molar-refractivity contribution in [3.05, 3.63) is 23.8 Å². The fourth-order valence-corrected chi connectivity index (χ4v) is 3.10. The van der Waals surface area contributed by atoms with Crippen LogP contribution >= 0.6 is 0 Å². The summed E-state index contributed by atoms with van der Waals surface area (Å²) < 4.78 is 0. The molecular weight excluding hydrogens is 364 g/mol. The van der Waals surface area contributed by atoms with Crippen molar-refractivity contribution in [1.82, 2.24) is 4.90 Å². The first-order valence-corrected chi connectivity index (χ1v) is 10.5. The fourth-order valence-electron chi connectivity index (χ4n) is 3.10. The Morgan fingerprint density at radius 3 is 2.24 bits per heavy atom. The summed E-state index contributed by atoms with van der Waals surface area (Å²) in [6.07, 6.45) is 0.491. The van der Waals surface area contributed by atoms with Gasteiger partial charge < -0.3 is 20.0 Å². The molecule has 6 heteroatoms. The largest absolute Gasteiger partial charge is 0.377 e. The maximum absolute atomic E-state index is 13.1. The minimum atomic E-state index is -0.441. The molecule has 29 heavy (non-hydrogen) atoms. The molecule has 0 bridgehead atoms. The number of likely N-dealkylation sites (N-methyl/N-ethyl adjacent to an activating group) is 1. The summed E-state index contributed by atoms with van der Waals surface area (Å²) in [5, 5.41) is 3.00. The molecule has 0 heterocycles. The average molecular weight is 406 g/mol. The van der Waals surface area contributed by atoms with Gasteiger partial charge in [0.15, 0.2) is 0 Å². The van der Waals surface area contributed by atoms with Crippen LogP contribution in [0.5, 0.6) is 0 Å². The number of hydrogen-bond donors (Lipinski definition) is 2. The van der Waals surface area contributed by atoms with Gasteiger partial charge in [-0.15, -0.1) is 0 Å². The summed E-state index contributed by atoms with van der Waals surface area (Å²) in [4.78, 5) is 30.6. The molecule has 164 valence electrons. The Labute approximate surface area is 177 Å². The van der Waals surface area contributed by atoms with Crippen molar-refractivity contribution in [2.45, 2.75) is 47.6 Å². The van der Waals surface area contributed by atoms with Crippen LogP contribution in [0.1, 0.15) is 46.6 Å². The van der Waals surface area contributed by atoms with E-state index in [4.69, 9.17) is 0 Å². The number of amides is 2. The van der Waals surface area contributed by atoms with E-state index in [0.717, 1.165) is 23.5 Å². The van der Waals surface area contributed by atoms with E-state index in [1.165, 1.54) is 4.90 Å². The molecule has 0 aliphatic heterocycles. The van der Waals surface area contributed by atoms with Crippen LogP contribution < -0.4 is 15.1 Å². The van der Waals surface area contributed by atoms with Crippen LogP contribution in [0.25, 0.3) is 0 Å². The summed E-state index contributed by atoms with van der Waals surface area (Å²) in [5.41, 5.74) is 2.42. The molecule has 6 nitrogen and oxygen atoms in total. The highest BCUT2D eigenvalue weighted by atomic mass is 16.2. The molecule has 0 unspecified atom stereocenters. The highest BCUT2D eigenvalue weighted by Gasteiger charge is 2.28. The lowest BCUT2D eigenvalue weighted by atomic mass is 9.94. The first-order chi connectivity index (χ1) is 13.3. The second kappa shape index (κ2) is 10.6. The number of benzene rings is 1. The van der Waals surface area contributed by atoms with E-state index < -0.39 is 5.41 Å². The monoisotopic (exact) mass is 405 g/mol. The molecule has 0 aliphatic carbocycles. The van der Waals surface area contributed by atoms with Crippen LogP contribution in [0, 0.1) is 11.3 Å². The van der Waals surface area contributed by atoms with Gasteiger partial charge in [0.2, 0.25) is 11.8 Å². The number of anilines is 2. The minimum absolute atomic E-state index is 0.0161. The Morgan fingerprint density at radius 1 is 1.14 bits per heavy atom. The summed E-state index contributed by atoms with van der Waals surface area (Å²) in [7, 11) is 8.18. The van der Waals surface area contributed by atoms with Crippen LogP contribution in [0.3, 0.4) is 0 Å². The molecule has 1 rings (SSSR count). The Morgan fingerprint density at radius 2 is 1.76 bits per heavy atom. The van der Waals surface area contributed by atoms with Crippen molar-refractivity contribution >= 4 is 23.2 Å². The van der Waals surface area contributed by atoms with E-state index >= 15 is 0 Å².